The summed E-state index contributed by atoms with van der Waals surface area (Å²) < 4.78 is 4.73. The lowest BCUT2D eigenvalue weighted by Gasteiger charge is -2.14. The fourth-order valence-electron chi connectivity index (χ4n) is 2.06. The lowest BCUT2D eigenvalue weighted by Crippen LogP contribution is -2.36. The number of carbonyl (C=O) groups is 2. The van der Waals surface area contributed by atoms with Crippen molar-refractivity contribution >= 4 is 11.9 Å². The highest BCUT2D eigenvalue weighted by Gasteiger charge is 2.35. The van der Waals surface area contributed by atoms with Gasteiger partial charge in [0, 0.05) is 13.1 Å². The zero-order chi connectivity index (χ0) is 12.8. The summed E-state index contributed by atoms with van der Waals surface area (Å²) in [4.78, 5) is 24.8. The molecule has 1 aliphatic rings. The number of methoxy groups -OCH3 is 1. The number of amides is 1. The molecule has 5 heteroatoms. The Labute approximate surface area is 101 Å². The Bertz CT molecular complexity index is 335. The summed E-state index contributed by atoms with van der Waals surface area (Å²) in [6.45, 7) is 3.80. The van der Waals surface area contributed by atoms with E-state index in [1.807, 2.05) is 11.8 Å². The minimum atomic E-state index is -0.205. The molecule has 0 aliphatic carbocycles. The van der Waals surface area contributed by atoms with Crippen molar-refractivity contribution < 1.29 is 14.3 Å². The van der Waals surface area contributed by atoms with Gasteiger partial charge in [-0.3, -0.25) is 14.5 Å². The minimum absolute atomic E-state index is 0.110. The van der Waals surface area contributed by atoms with Crippen molar-refractivity contribution in [1.82, 2.24) is 10.2 Å². The fourth-order valence-corrected chi connectivity index (χ4v) is 2.06. The Morgan fingerprint density at radius 1 is 1.53 bits per heavy atom. The van der Waals surface area contributed by atoms with Crippen LogP contribution in [0.3, 0.4) is 0 Å². The Hall–Kier alpha value is -1.54. The molecule has 0 saturated carbocycles. The fraction of sp³-hybridized carbons (Fsp3) is 0.667. The standard InChI is InChI=1S/C12H18N2O3/c1-4-5-13-11(15)8-14-6-9(2)10(7-14)12(16)17-3/h1,9-10H,5-8H2,2-3H3,(H,13,15). The number of esters is 1. The van der Waals surface area contributed by atoms with E-state index in [-0.39, 0.29) is 36.8 Å². The molecule has 1 fully saturated rings. The van der Waals surface area contributed by atoms with Crippen molar-refractivity contribution in [2.24, 2.45) is 11.8 Å². The molecule has 1 saturated heterocycles. The largest absolute Gasteiger partial charge is 0.469 e. The number of nitrogens with one attached hydrogen (secondary N) is 1. The van der Waals surface area contributed by atoms with E-state index in [1.54, 1.807) is 0 Å². The Kier molecular flexibility index (Phi) is 4.98. The quantitative estimate of drug-likeness (QED) is 0.529. The van der Waals surface area contributed by atoms with Crippen LogP contribution in [-0.2, 0) is 14.3 Å². The number of nitrogens with zero attached hydrogens (tertiary/aromatic N) is 1. The predicted octanol–water partition coefficient (Wildman–Crippen LogP) is -0.523. The maximum atomic E-state index is 11.5. The van der Waals surface area contributed by atoms with Gasteiger partial charge in [0.05, 0.1) is 26.1 Å². The van der Waals surface area contributed by atoms with Crippen molar-refractivity contribution in [2.75, 3.05) is 33.3 Å². The summed E-state index contributed by atoms with van der Waals surface area (Å²) in [5.41, 5.74) is 0. The van der Waals surface area contributed by atoms with Gasteiger partial charge in [-0.25, -0.2) is 0 Å². The molecule has 1 rings (SSSR count). The lowest BCUT2D eigenvalue weighted by atomic mass is 9.99. The highest BCUT2D eigenvalue weighted by molar-refractivity contribution is 5.78. The molecule has 1 N–H and O–H groups in total. The zero-order valence-corrected chi connectivity index (χ0v) is 10.2. The van der Waals surface area contributed by atoms with Crippen LogP contribution in [0.4, 0.5) is 0 Å². The minimum Gasteiger partial charge on any atom is -0.469 e. The van der Waals surface area contributed by atoms with Crippen LogP contribution < -0.4 is 5.32 Å². The van der Waals surface area contributed by atoms with Gasteiger partial charge in [0.1, 0.15) is 0 Å². The molecule has 0 radical (unpaired) electrons. The van der Waals surface area contributed by atoms with E-state index in [0.29, 0.717) is 6.54 Å². The smallest absolute Gasteiger partial charge is 0.310 e. The molecule has 1 aliphatic heterocycles. The normalized spacial score (nSPS) is 24.1. The maximum Gasteiger partial charge on any atom is 0.310 e. The predicted molar refractivity (Wildman–Crippen MR) is 63.0 cm³/mol. The molecule has 0 bridgehead atoms. The molecular weight excluding hydrogens is 220 g/mol. The van der Waals surface area contributed by atoms with E-state index in [1.165, 1.54) is 7.11 Å². The third-order valence-electron chi connectivity index (χ3n) is 2.95. The van der Waals surface area contributed by atoms with Gasteiger partial charge < -0.3 is 10.1 Å². The van der Waals surface area contributed by atoms with E-state index >= 15 is 0 Å². The first-order chi connectivity index (χ1) is 8.08. The van der Waals surface area contributed by atoms with Crippen LogP contribution in [-0.4, -0.2) is 50.1 Å². The van der Waals surface area contributed by atoms with Crippen LogP contribution in [0.5, 0.6) is 0 Å². The van der Waals surface area contributed by atoms with Crippen molar-refractivity contribution in [2.45, 2.75) is 6.92 Å². The molecule has 1 amide bonds. The SMILES string of the molecule is C#CCNC(=O)CN1CC(C)C(C(=O)OC)C1. The summed E-state index contributed by atoms with van der Waals surface area (Å²) in [6.07, 6.45) is 5.05. The molecule has 94 valence electrons. The maximum absolute atomic E-state index is 11.5. The van der Waals surface area contributed by atoms with Crippen molar-refractivity contribution in [3.8, 4) is 12.3 Å². The molecule has 0 aromatic carbocycles. The molecule has 0 aromatic heterocycles. The second-order valence-corrected chi connectivity index (χ2v) is 4.28. The highest BCUT2D eigenvalue weighted by Crippen LogP contribution is 2.23. The van der Waals surface area contributed by atoms with E-state index in [0.717, 1.165) is 6.54 Å². The zero-order valence-electron chi connectivity index (χ0n) is 10.2. The van der Waals surface area contributed by atoms with Crippen LogP contribution in [0.2, 0.25) is 0 Å². The third-order valence-corrected chi connectivity index (χ3v) is 2.95. The van der Waals surface area contributed by atoms with Gasteiger partial charge >= 0.3 is 5.97 Å². The second kappa shape index (κ2) is 6.26. The number of rotatable bonds is 4. The van der Waals surface area contributed by atoms with Gasteiger partial charge in [-0.1, -0.05) is 12.8 Å². The average Bonchev–Trinajstić information content (AvgIpc) is 2.66. The van der Waals surface area contributed by atoms with E-state index in [2.05, 4.69) is 11.2 Å². The monoisotopic (exact) mass is 238 g/mol. The number of carbonyl (C=O) groups excluding carboxylic acids is 2. The van der Waals surface area contributed by atoms with Crippen LogP contribution >= 0.6 is 0 Å². The van der Waals surface area contributed by atoms with Crippen LogP contribution in [0.25, 0.3) is 0 Å². The number of hydrogen-bond acceptors (Lipinski definition) is 4. The summed E-state index contributed by atoms with van der Waals surface area (Å²) in [7, 11) is 1.39. The van der Waals surface area contributed by atoms with E-state index < -0.39 is 0 Å². The van der Waals surface area contributed by atoms with Gasteiger partial charge in [0.25, 0.3) is 0 Å². The number of hydrogen-bond donors (Lipinski definition) is 1. The van der Waals surface area contributed by atoms with E-state index in [4.69, 9.17) is 11.2 Å². The Morgan fingerprint density at radius 3 is 2.82 bits per heavy atom. The third kappa shape index (κ3) is 3.75. The molecule has 0 aromatic rings. The first kappa shape index (κ1) is 13.5. The van der Waals surface area contributed by atoms with Crippen LogP contribution in [0, 0.1) is 24.2 Å². The Morgan fingerprint density at radius 2 is 2.24 bits per heavy atom. The van der Waals surface area contributed by atoms with Crippen LogP contribution in [0.15, 0.2) is 0 Å². The first-order valence-corrected chi connectivity index (χ1v) is 5.58. The number of likely N-dealkylation sites (tertiary alicyclic amines) is 1. The van der Waals surface area contributed by atoms with Crippen molar-refractivity contribution in [3.05, 3.63) is 0 Å². The summed E-state index contributed by atoms with van der Waals surface area (Å²) in [5, 5.41) is 2.60. The Balaban J connectivity index is 2.41. The molecular formula is C12H18N2O3. The average molecular weight is 238 g/mol. The summed E-state index contributed by atoms with van der Waals surface area (Å²) in [5.74, 6) is 2.10. The van der Waals surface area contributed by atoms with Crippen molar-refractivity contribution in [3.63, 3.8) is 0 Å². The van der Waals surface area contributed by atoms with Gasteiger partial charge in [-0.05, 0) is 5.92 Å². The molecule has 5 nitrogen and oxygen atoms in total. The lowest BCUT2D eigenvalue weighted by molar-refractivity contribution is -0.146. The topological polar surface area (TPSA) is 58.6 Å². The van der Waals surface area contributed by atoms with Crippen molar-refractivity contribution in [1.29, 1.82) is 0 Å². The highest BCUT2D eigenvalue weighted by atomic mass is 16.5. The summed E-state index contributed by atoms with van der Waals surface area (Å²) in [6, 6.07) is 0. The molecule has 17 heavy (non-hydrogen) atoms. The van der Waals surface area contributed by atoms with Gasteiger partial charge in [-0.15, -0.1) is 6.42 Å². The molecule has 1 heterocycles. The molecule has 2 unspecified atom stereocenters. The first-order valence-electron chi connectivity index (χ1n) is 5.58. The van der Waals surface area contributed by atoms with E-state index in [9.17, 15) is 9.59 Å². The number of ether oxygens (including phenoxy) is 1. The second-order valence-electron chi connectivity index (χ2n) is 4.28. The van der Waals surface area contributed by atoms with Gasteiger partial charge in [0.15, 0.2) is 0 Å². The molecule has 0 spiro atoms. The van der Waals surface area contributed by atoms with Gasteiger partial charge in [-0.2, -0.15) is 0 Å². The van der Waals surface area contributed by atoms with Gasteiger partial charge in [0.2, 0.25) is 5.91 Å². The van der Waals surface area contributed by atoms with Crippen LogP contribution in [0.1, 0.15) is 6.92 Å². The number of terminal acetylenes is 1. The molecule has 2 atom stereocenters. The summed E-state index contributed by atoms with van der Waals surface area (Å²) >= 11 is 0.